The minimum absolute atomic E-state index is 0.0455. The monoisotopic (exact) mass is 298 g/mol. The van der Waals surface area contributed by atoms with Crippen molar-refractivity contribution in [3.05, 3.63) is 33.8 Å². The number of nitrogens with two attached hydrogens (primary N) is 1. The van der Waals surface area contributed by atoms with Gasteiger partial charge in [0.15, 0.2) is 0 Å². The van der Waals surface area contributed by atoms with Crippen LogP contribution in [0.2, 0.25) is 0 Å². The van der Waals surface area contributed by atoms with Gasteiger partial charge >= 0.3 is 0 Å². The number of carbonyl (C=O) groups excluding carboxylic acids is 1. The summed E-state index contributed by atoms with van der Waals surface area (Å²) in [5.41, 5.74) is 7.30. The predicted octanol–water partition coefficient (Wildman–Crippen LogP) is 2.42. The second-order valence-corrected chi connectivity index (χ2v) is 5.40. The van der Waals surface area contributed by atoms with E-state index in [1.165, 1.54) is 0 Å². The van der Waals surface area contributed by atoms with Crippen molar-refractivity contribution < 1.29 is 4.79 Å². The van der Waals surface area contributed by atoms with Gasteiger partial charge in [-0.2, -0.15) is 0 Å². The molecule has 1 rings (SSSR count). The molecule has 0 radical (unpaired) electrons. The molecule has 2 N–H and O–H groups in total. The fraction of sp³-hybridized carbons (Fsp3) is 0.462. The summed E-state index contributed by atoms with van der Waals surface area (Å²) >= 11 is 3.39. The van der Waals surface area contributed by atoms with Crippen LogP contribution in [0.15, 0.2) is 22.7 Å². The molecule has 0 aliphatic carbocycles. The van der Waals surface area contributed by atoms with E-state index in [-0.39, 0.29) is 5.91 Å². The van der Waals surface area contributed by atoms with Crippen molar-refractivity contribution in [1.29, 1.82) is 0 Å². The number of amides is 1. The summed E-state index contributed by atoms with van der Waals surface area (Å²) in [4.78, 5) is 14.0. The molecule has 0 aliphatic heterocycles. The Balaban J connectivity index is 2.85. The zero-order chi connectivity index (χ0) is 13.0. The first-order valence-corrected chi connectivity index (χ1v) is 6.46. The van der Waals surface area contributed by atoms with Crippen LogP contribution in [-0.4, -0.2) is 30.9 Å². The Labute approximate surface area is 111 Å². The second kappa shape index (κ2) is 6.17. The van der Waals surface area contributed by atoms with Crippen molar-refractivity contribution in [3.8, 4) is 0 Å². The van der Waals surface area contributed by atoms with Gasteiger partial charge in [-0.25, -0.2) is 0 Å². The van der Waals surface area contributed by atoms with Crippen LogP contribution in [0.3, 0.4) is 0 Å². The van der Waals surface area contributed by atoms with Gasteiger partial charge in [-0.05, 0) is 37.1 Å². The maximum absolute atomic E-state index is 12.2. The van der Waals surface area contributed by atoms with Crippen molar-refractivity contribution in [1.82, 2.24) is 4.90 Å². The third kappa shape index (κ3) is 3.82. The first kappa shape index (κ1) is 14.2. The molecular formula is C13H19BrN2O. The number of aryl methyl sites for hydroxylation is 1. The molecule has 1 atom stereocenters. The normalized spacial score (nSPS) is 12.3. The molecule has 17 heavy (non-hydrogen) atoms. The van der Waals surface area contributed by atoms with Crippen LogP contribution in [0.5, 0.6) is 0 Å². The second-order valence-electron chi connectivity index (χ2n) is 4.49. The Morgan fingerprint density at radius 1 is 1.53 bits per heavy atom. The highest BCUT2D eigenvalue weighted by molar-refractivity contribution is 9.10. The fourth-order valence-electron chi connectivity index (χ4n) is 1.66. The van der Waals surface area contributed by atoms with E-state index in [2.05, 4.69) is 15.9 Å². The molecule has 0 spiro atoms. The highest BCUT2D eigenvalue weighted by Gasteiger charge is 2.15. The van der Waals surface area contributed by atoms with Gasteiger partial charge in [0.2, 0.25) is 0 Å². The summed E-state index contributed by atoms with van der Waals surface area (Å²) in [5, 5.41) is 0. The van der Waals surface area contributed by atoms with Crippen molar-refractivity contribution in [2.24, 2.45) is 11.7 Å². The molecule has 0 aromatic heterocycles. The summed E-state index contributed by atoms with van der Waals surface area (Å²) in [5.74, 6) is 0.362. The lowest BCUT2D eigenvalue weighted by atomic mass is 10.1. The van der Waals surface area contributed by atoms with Gasteiger partial charge in [-0.15, -0.1) is 0 Å². The maximum atomic E-state index is 12.2. The Morgan fingerprint density at radius 3 is 2.76 bits per heavy atom. The number of benzene rings is 1. The quantitative estimate of drug-likeness (QED) is 0.928. The van der Waals surface area contributed by atoms with E-state index in [0.717, 1.165) is 15.6 Å². The van der Waals surface area contributed by atoms with Crippen molar-refractivity contribution in [2.75, 3.05) is 20.1 Å². The first-order valence-electron chi connectivity index (χ1n) is 5.67. The van der Waals surface area contributed by atoms with Crippen LogP contribution in [0.1, 0.15) is 22.8 Å². The van der Waals surface area contributed by atoms with Crippen molar-refractivity contribution in [3.63, 3.8) is 0 Å². The molecule has 1 unspecified atom stereocenters. The summed E-state index contributed by atoms with van der Waals surface area (Å²) < 4.78 is 0.923. The Kier molecular flexibility index (Phi) is 5.15. The number of nitrogens with zero attached hydrogens (tertiary/aromatic N) is 1. The number of rotatable bonds is 4. The van der Waals surface area contributed by atoms with E-state index < -0.39 is 0 Å². The van der Waals surface area contributed by atoms with Crippen LogP contribution in [0.25, 0.3) is 0 Å². The zero-order valence-electron chi connectivity index (χ0n) is 10.5. The van der Waals surface area contributed by atoms with Gasteiger partial charge in [0.1, 0.15) is 0 Å². The topological polar surface area (TPSA) is 46.3 Å². The van der Waals surface area contributed by atoms with Gasteiger partial charge in [-0.3, -0.25) is 4.79 Å². The van der Waals surface area contributed by atoms with Crippen LogP contribution in [-0.2, 0) is 0 Å². The molecule has 4 heteroatoms. The van der Waals surface area contributed by atoms with E-state index in [1.807, 2.05) is 39.1 Å². The number of carbonyl (C=O) groups is 1. The Hall–Kier alpha value is -0.870. The van der Waals surface area contributed by atoms with Crippen LogP contribution in [0, 0.1) is 12.8 Å². The highest BCUT2D eigenvalue weighted by Crippen LogP contribution is 2.17. The summed E-state index contributed by atoms with van der Waals surface area (Å²) in [6, 6.07) is 5.74. The summed E-state index contributed by atoms with van der Waals surface area (Å²) in [7, 11) is 1.81. The van der Waals surface area contributed by atoms with E-state index in [0.29, 0.717) is 19.0 Å². The predicted molar refractivity (Wildman–Crippen MR) is 74.1 cm³/mol. The molecule has 94 valence electrons. The molecule has 0 fully saturated rings. The third-order valence-electron chi connectivity index (χ3n) is 2.76. The van der Waals surface area contributed by atoms with Crippen LogP contribution >= 0.6 is 15.9 Å². The van der Waals surface area contributed by atoms with Crippen molar-refractivity contribution in [2.45, 2.75) is 13.8 Å². The standard InChI is InChI=1S/C13H19BrN2O/c1-9(7-15)8-16(3)13(17)12-6-11(14)5-4-10(12)2/h4-6,9H,7-8,15H2,1-3H3. The number of hydrogen-bond donors (Lipinski definition) is 1. The minimum atomic E-state index is 0.0455. The molecule has 3 nitrogen and oxygen atoms in total. The SMILES string of the molecule is Cc1ccc(Br)cc1C(=O)N(C)CC(C)CN. The average molecular weight is 299 g/mol. The lowest BCUT2D eigenvalue weighted by Gasteiger charge is -2.21. The molecule has 1 amide bonds. The van der Waals surface area contributed by atoms with Crippen LogP contribution < -0.4 is 5.73 Å². The minimum Gasteiger partial charge on any atom is -0.341 e. The van der Waals surface area contributed by atoms with E-state index in [4.69, 9.17) is 5.73 Å². The molecule has 0 saturated heterocycles. The zero-order valence-corrected chi connectivity index (χ0v) is 12.1. The maximum Gasteiger partial charge on any atom is 0.253 e. The molecule has 1 aromatic carbocycles. The molecule has 0 aliphatic rings. The lowest BCUT2D eigenvalue weighted by molar-refractivity contribution is 0.0776. The van der Waals surface area contributed by atoms with E-state index in [1.54, 1.807) is 4.90 Å². The van der Waals surface area contributed by atoms with Crippen molar-refractivity contribution >= 4 is 21.8 Å². The number of hydrogen-bond acceptors (Lipinski definition) is 2. The van der Waals surface area contributed by atoms with Gasteiger partial charge in [-0.1, -0.05) is 28.9 Å². The largest absolute Gasteiger partial charge is 0.341 e. The highest BCUT2D eigenvalue weighted by atomic mass is 79.9. The molecule has 0 bridgehead atoms. The molecule has 0 saturated carbocycles. The van der Waals surface area contributed by atoms with Gasteiger partial charge in [0.05, 0.1) is 0 Å². The summed E-state index contributed by atoms with van der Waals surface area (Å²) in [6.07, 6.45) is 0. The molecular weight excluding hydrogens is 280 g/mol. The lowest BCUT2D eigenvalue weighted by Crippen LogP contribution is -2.33. The third-order valence-corrected chi connectivity index (χ3v) is 3.26. The summed E-state index contributed by atoms with van der Waals surface area (Å²) in [6.45, 7) is 5.26. The Morgan fingerprint density at radius 2 is 2.18 bits per heavy atom. The van der Waals surface area contributed by atoms with Gasteiger partial charge in [0.25, 0.3) is 5.91 Å². The smallest absolute Gasteiger partial charge is 0.253 e. The molecule has 0 heterocycles. The first-order chi connectivity index (χ1) is 7.95. The van der Waals surface area contributed by atoms with Crippen LogP contribution in [0.4, 0.5) is 0 Å². The van der Waals surface area contributed by atoms with E-state index in [9.17, 15) is 4.79 Å². The average Bonchev–Trinajstić information content (AvgIpc) is 2.31. The van der Waals surface area contributed by atoms with Gasteiger partial charge in [0, 0.05) is 23.6 Å². The number of halogens is 1. The van der Waals surface area contributed by atoms with Gasteiger partial charge < -0.3 is 10.6 Å². The molecule has 1 aromatic rings. The fourth-order valence-corrected chi connectivity index (χ4v) is 2.02. The van der Waals surface area contributed by atoms with E-state index >= 15 is 0 Å². The Bertz CT molecular complexity index is 406.